The monoisotopic (exact) mass is 400 g/mol. The highest BCUT2D eigenvalue weighted by Gasteiger charge is 2.40. The van der Waals surface area contributed by atoms with Crippen LogP contribution in [-0.4, -0.2) is 63.2 Å². The van der Waals surface area contributed by atoms with E-state index >= 15 is 0 Å². The molecule has 158 valence electrons. The molecule has 1 aromatic carbocycles. The lowest BCUT2D eigenvalue weighted by Crippen LogP contribution is -3.28. The molecular formula is C23H36N4O2+2. The van der Waals surface area contributed by atoms with Gasteiger partial charge in [0.05, 0.1) is 13.2 Å². The van der Waals surface area contributed by atoms with Crippen LogP contribution in [0.25, 0.3) is 0 Å². The minimum atomic E-state index is -0.580. The van der Waals surface area contributed by atoms with E-state index in [1.54, 1.807) is 16.9 Å². The topological polar surface area (TPSA) is 62.2 Å². The fraction of sp³-hybridized carbons (Fsp3) is 0.652. The number of likely N-dealkylation sites (N-methyl/N-ethyl adjacent to an activating group) is 1. The van der Waals surface area contributed by atoms with E-state index in [1.165, 1.54) is 22.4 Å². The number of amides is 1. The van der Waals surface area contributed by atoms with Crippen molar-refractivity contribution in [3.63, 3.8) is 0 Å². The third kappa shape index (κ3) is 5.09. The summed E-state index contributed by atoms with van der Waals surface area (Å²) in [6.45, 7) is 7.65. The number of benzene rings is 1. The molecule has 1 aliphatic carbocycles. The van der Waals surface area contributed by atoms with Crippen LogP contribution in [0, 0.1) is 18.3 Å². The highest BCUT2D eigenvalue weighted by Crippen LogP contribution is 2.32. The van der Waals surface area contributed by atoms with E-state index in [0.717, 1.165) is 64.2 Å². The molecule has 1 aromatic rings. The molecule has 2 aliphatic rings. The van der Waals surface area contributed by atoms with Crippen LogP contribution in [0.15, 0.2) is 18.2 Å². The highest BCUT2D eigenvalue weighted by atomic mass is 16.5. The van der Waals surface area contributed by atoms with Crippen LogP contribution in [0.4, 0.5) is 0 Å². The summed E-state index contributed by atoms with van der Waals surface area (Å²) in [5.41, 5.74) is 1.94. The van der Waals surface area contributed by atoms with Crippen molar-refractivity contribution in [3.8, 4) is 11.8 Å². The van der Waals surface area contributed by atoms with Gasteiger partial charge in [0, 0.05) is 12.6 Å². The predicted octanol–water partition coefficient (Wildman–Crippen LogP) is -0.0281. The lowest BCUT2D eigenvalue weighted by molar-refractivity contribution is -1.02. The fourth-order valence-electron chi connectivity index (χ4n) is 4.86. The number of quaternary nitrogens is 2. The molecule has 0 spiro atoms. The number of nitrogens with one attached hydrogen (secondary N) is 2. The van der Waals surface area contributed by atoms with Gasteiger partial charge in [-0.15, -0.1) is 0 Å². The molecule has 6 heteroatoms. The number of hydrogen-bond donors (Lipinski definition) is 2. The van der Waals surface area contributed by atoms with Crippen LogP contribution in [-0.2, 0) is 11.3 Å². The van der Waals surface area contributed by atoms with Crippen molar-refractivity contribution >= 4 is 5.91 Å². The van der Waals surface area contributed by atoms with Crippen LogP contribution in [0.2, 0.25) is 0 Å². The minimum absolute atomic E-state index is 0.118. The second-order valence-electron chi connectivity index (χ2n) is 8.83. The van der Waals surface area contributed by atoms with Crippen LogP contribution < -0.4 is 14.5 Å². The maximum absolute atomic E-state index is 12.9. The summed E-state index contributed by atoms with van der Waals surface area (Å²) in [6, 6.07) is 8.82. The van der Waals surface area contributed by atoms with Gasteiger partial charge in [0.25, 0.3) is 5.91 Å². The van der Waals surface area contributed by atoms with Gasteiger partial charge in [0.2, 0.25) is 0 Å². The quantitative estimate of drug-likeness (QED) is 0.705. The number of hydrogen-bond acceptors (Lipinski definition) is 3. The van der Waals surface area contributed by atoms with Crippen molar-refractivity contribution in [2.45, 2.75) is 51.1 Å². The average molecular weight is 401 g/mol. The first-order valence-corrected chi connectivity index (χ1v) is 11.0. The van der Waals surface area contributed by atoms with Crippen molar-refractivity contribution in [3.05, 3.63) is 29.3 Å². The second-order valence-corrected chi connectivity index (χ2v) is 8.83. The van der Waals surface area contributed by atoms with Gasteiger partial charge in [-0.2, -0.15) is 5.26 Å². The Labute approximate surface area is 175 Å². The summed E-state index contributed by atoms with van der Waals surface area (Å²) in [5, 5.41) is 9.74. The standard InChI is InChI=1S/C23H34N4O2/c1-19-7-8-21(29-3)20(15-19)16-26-11-13-27(14-12-26)17-22(28)25(2)23(18-24)9-5-4-6-10-23/h7-8,15H,4-6,9-14,16-17H2,1-3H3/p+2. The van der Waals surface area contributed by atoms with Crippen LogP contribution in [0.1, 0.15) is 43.2 Å². The van der Waals surface area contributed by atoms with Gasteiger partial charge in [-0.25, -0.2) is 0 Å². The second kappa shape index (κ2) is 9.60. The van der Waals surface area contributed by atoms with Gasteiger partial charge in [-0.3, -0.25) is 4.79 Å². The lowest BCUT2D eigenvalue weighted by atomic mass is 9.81. The lowest BCUT2D eigenvalue weighted by Gasteiger charge is -2.39. The first-order chi connectivity index (χ1) is 14.0. The molecule has 3 rings (SSSR count). The Hall–Kier alpha value is -2.10. The molecule has 1 saturated heterocycles. The zero-order chi connectivity index (χ0) is 20.9. The number of carbonyl (C=O) groups is 1. The van der Waals surface area contributed by atoms with Gasteiger partial charge in [-0.1, -0.05) is 30.9 Å². The number of nitrogens with zero attached hydrogens (tertiary/aromatic N) is 2. The molecule has 0 radical (unpaired) electrons. The van der Waals surface area contributed by atoms with E-state index in [9.17, 15) is 10.1 Å². The van der Waals surface area contributed by atoms with Crippen LogP contribution in [0.3, 0.4) is 0 Å². The number of ether oxygens (including phenoxy) is 1. The molecule has 1 heterocycles. The SMILES string of the molecule is COc1ccc(C)cc1C[NH+]1CC[NH+](CC(=O)N(C)C2(C#N)CCCCC2)CC1. The highest BCUT2D eigenvalue weighted by molar-refractivity contribution is 5.78. The van der Waals surface area contributed by atoms with Crippen molar-refractivity contribution in [2.75, 3.05) is 46.9 Å². The number of aryl methyl sites for hydroxylation is 1. The van der Waals surface area contributed by atoms with E-state index < -0.39 is 5.54 Å². The third-order valence-electron chi connectivity index (χ3n) is 6.85. The van der Waals surface area contributed by atoms with Crippen LogP contribution in [0.5, 0.6) is 5.75 Å². The van der Waals surface area contributed by atoms with Gasteiger partial charge in [0.15, 0.2) is 6.54 Å². The molecule has 1 amide bonds. The zero-order valence-corrected chi connectivity index (χ0v) is 18.2. The van der Waals surface area contributed by atoms with Crippen molar-refractivity contribution < 1.29 is 19.3 Å². The maximum atomic E-state index is 12.9. The van der Waals surface area contributed by atoms with Crippen molar-refractivity contribution in [1.82, 2.24) is 4.90 Å². The average Bonchev–Trinajstić information content (AvgIpc) is 2.75. The predicted molar refractivity (Wildman–Crippen MR) is 112 cm³/mol. The molecule has 2 fully saturated rings. The Balaban J connectivity index is 1.51. The molecule has 0 aromatic heterocycles. The molecule has 6 nitrogen and oxygen atoms in total. The molecule has 1 saturated carbocycles. The Morgan fingerprint density at radius 2 is 1.83 bits per heavy atom. The first-order valence-electron chi connectivity index (χ1n) is 11.0. The zero-order valence-electron chi connectivity index (χ0n) is 18.2. The summed E-state index contributed by atoms with van der Waals surface area (Å²) in [5.74, 6) is 1.08. The number of nitriles is 1. The van der Waals surface area contributed by atoms with E-state index in [-0.39, 0.29) is 5.91 Å². The number of methoxy groups -OCH3 is 1. The fourth-order valence-corrected chi connectivity index (χ4v) is 4.86. The number of piperazine rings is 1. The number of carbonyl (C=O) groups excluding carboxylic acids is 1. The normalized spacial score (nSPS) is 23.8. The Bertz CT molecular complexity index is 744. The molecule has 2 N–H and O–H groups in total. The molecular weight excluding hydrogens is 364 g/mol. The van der Waals surface area contributed by atoms with Gasteiger partial charge >= 0.3 is 0 Å². The van der Waals surface area contributed by atoms with E-state index in [4.69, 9.17) is 4.74 Å². The maximum Gasteiger partial charge on any atom is 0.278 e. The Morgan fingerprint density at radius 3 is 2.45 bits per heavy atom. The number of rotatable bonds is 6. The third-order valence-corrected chi connectivity index (χ3v) is 6.85. The molecule has 29 heavy (non-hydrogen) atoms. The van der Waals surface area contributed by atoms with E-state index in [1.807, 2.05) is 7.05 Å². The summed E-state index contributed by atoms with van der Waals surface area (Å²) < 4.78 is 5.52. The molecule has 0 atom stereocenters. The largest absolute Gasteiger partial charge is 0.496 e. The Morgan fingerprint density at radius 1 is 1.17 bits per heavy atom. The van der Waals surface area contributed by atoms with Gasteiger partial charge in [-0.05, 0) is 31.9 Å². The summed E-state index contributed by atoms with van der Waals surface area (Å²) >= 11 is 0. The molecule has 0 bridgehead atoms. The summed E-state index contributed by atoms with van der Waals surface area (Å²) in [4.78, 5) is 17.5. The van der Waals surface area contributed by atoms with Crippen LogP contribution >= 0.6 is 0 Å². The first kappa shape index (κ1) is 21.6. The Kier molecular flexibility index (Phi) is 7.15. The molecule has 0 unspecified atom stereocenters. The summed E-state index contributed by atoms with van der Waals surface area (Å²) in [6.07, 6.45) is 4.90. The van der Waals surface area contributed by atoms with Crippen molar-refractivity contribution in [1.29, 1.82) is 5.26 Å². The van der Waals surface area contributed by atoms with E-state index in [2.05, 4.69) is 31.2 Å². The minimum Gasteiger partial charge on any atom is -0.496 e. The van der Waals surface area contributed by atoms with Crippen molar-refractivity contribution in [2.24, 2.45) is 0 Å². The van der Waals surface area contributed by atoms with E-state index in [0.29, 0.717) is 6.54 Å². The van der Waals surface area contributed by atoms with Gasteiger partial charge in [0.1, 0.15) is 44.0 Å². The molecule has 1 aliphatic heterocycles. The smallest absolute Gasteiger partial charge is 0.278 e. The summed E-state index contributed by atoms with van der Waals surface area (Å²) in [7, 11) is 3.57. The van der Waals surface area contributed by atoms with Gasteiger partial charge < -0.3 is 19.4 Å².